The fraction of sp³-hybridized carbons (Fsp3) is 0.414. The van der Waals surface area contributed by atoms with Gasteiger partial charge < -0.3 is 15.7 Å². The van der Waals surface area contributed by atoms with Gasteiger partial charge in [0.05, 0.1) is 24.1 Å². The molecule has 4 N–H and O–H groups in total. The van der Waals surface area contributed by atoms with Crippen molar-refractivity contribution in [1.29, 1.82) is 0 Å². The lowest BCUT2D eigenvalue weighted by Crippen LogP contribution is -2.48. The molecule has 3 atom stereocenters. The lowest BCUT2D eigenvalue weighted by atomic mass is 9.62. The van der Waals surface area contributed by atoms with E-state index in [4.69, 9.17) is 4.98 Å². The Morgan fingerprint density at radius 2 is 2.00 bits per heavy atom. The Morgan fingerprint density at radius 3 is 2.62 bits per heavy atom. The number of aromatic amines is 1. The van der Waals surface area contributed by atoms with Crippen molar-refractivity contribution >= 4 is 17.5 Å². The Labute approximate surface area is 232 Å². The number of H-pyrrole nitrogens is 1. The first-order valence-corrected chi connectivity index (χ1v) is 13.4. The van der Waals surface area contributed by atoms with Gasteiger partial charge in [0.1, 0.15) is 11.4 Å². The van der Waals surface area contributed by atoms with Crippen LogP contribution in [0, 0.1) is 31.0 Å². The predicted molar refractivity (Wildman–Crippen MR) is 148 cm³/mol. The third-order valence-electron chi connectivity index (χ3n) is 7.68. The number of halogens is 1. The van der Waals surface area contributed by atoms with Gasteiger partial charge in [0, 0.05) is 23.9 Å². The van der Waals surface area contributed by atoms with E-state index in [0.29, 0.717) is 42.4 Å². The van der Waals surface area contributed by atoms with E-state index in [1.54, 1.807) is 12.3 Å². The number of carbonyl (C=O) groups is 1. The summed E-state index contributed by atoms with van der Waals surface area (Å²) in [4.78, 5) is 22.5. The number of aromatic nitrogens is 6. The summed E-state index contributed by atoms with van der Waals surface area (Å²) in [6.45, 7) is 9.84. The first-order chi connectivity index (χ1) is 18.9. The van der Waals surface area contributed by atoms with Crippen LogP contribution in [0.25, 0.3) is 5.82 Å². The topological polar surface area (TPSA) is 134 Å². The Balaban J connectivity index is 1.26. The molecule has 1 fully saturated rings. The maximum absolute atomic E-state index is 13.4. The number of nitrogens with zero attached hydrogens (tertiary/aromatic N) is 5. The molecule has 0 spiro atoms. The summed E-state index contributed by atoms with van der Waals surface area (Å²) in [6.07, 6.45) is 5.35. The van der Waals surface area contributed by atoms with Gasteiger partial charge in [-0.2, -0.15) is 10.2 Å². The van der Waals surface area contributed by atoms with Crippen LogP contribution < -0.4 is 10.6 Å². The molecule has 11 heteroatoms. The Morgan fingerprint density at radius 1 is 1.20 bits per heavy atom. The second kappa shape index (κ2) is 10.5. The van der Waals surface area contributed by atoms with E-state index in [-0.39, 0.29) is 17.9 Å². The molecule has 5 rings (SSSR count). The molecule has 0 unspecified atom stereocenters. The normalized spacial score (nSPS) is 21.1. The van der Waals surface area contributed by atoms with Crippen molar-refractivity contribution in [2.75, 3.05) is 5.32 Å². The molecule has 210 valence electrons. The molecule has 0 bridgehead atoms. The summed E-state index contributed by atoms with van der Waals surface area (Å²) in [7, 11) is 0. The van der Waals surface area contributed by atoms with Crippen LogP contribution in [0.2, 0.25) is 0 Å². The summed E-state index contributed by atoms with van der Waals surface area (Å²) in [5.74, 6) is 0.965. The van der Waals surface area contributed by atoms with Gasteiger partial charge in [-0.1, -0.05) is 19.9 Å². The zero-order valence-electron chi connectivity index (χ0n) is 23.4. The molecule has 0 saturated heterocycles. The smallest absolute Gasteiger partial charge is 0.224 e. The zero-order chi connectivity index (χ0) is 28.7. The number of aliphatic hydroxyl groups is 1. The number of carbonyl (C=O) groups excluding carboxylic acids is 1. The van der Waals surface area contributed by atoms with Crippen LogP contribution in [0.3, 0.4) is 0 Å². The maximum Gasteiger partial charge on any atom is 0.224 e. The molecule has 0 aliphatic heterocycles. The number of rotatable bonds is 7. The van der Waals surface area contributed by atoms with Crippen LogP contribution in [0.5, 0.6) is 0 Å². The lowest BCUT2D eigenvalue weighted by Gasteiger charge is -2.46. The van der Waals surface area contributed by atoms with Gasteiger partial charge in [-0.3, -0.25) is 9.89 Å². The number of amides is 1. The fourth-order valence-electron chi connectivity index (χ4n) is 5.64. The van der Waals surface area contributed by atoms with Gasteiger partial charge in [0.2, 0.25) is 5.91 Å². The van der Waals surface area contributed by atoms with E-state index in [1.807, 2.05) is 58.9 Å². The zero-order valence-corrected chi connectivity index (χ0v) is 23.4. The van der Waals surface area contributed by atoms with E-state index >= 15 is 0 Å². The molecule has 1 amide bonds. The van der Waals surface area contributed by atoms with Crippen molar-refractivity contribution in [3.63, 3.8) is 0 Å². The van der Waals surface area contributed by atoms with Crippen molar-refractivity contribution in [2.24, 2.45) is 11.3 Å². The Kier molecular flexibility index (Phi) is 7.17. The van der Waals surface area contributed by atoms with Crippen LogP contribution in [0.1, 0.15) is 68.6 Å². The molecule has 10 nitrogen and oxygen atoms in total. The van der Waals surface area contributed by atoms with Crippen molar-refractivity contribution in [3.05, 3.63) is 77.3 Å². The first kappa shape index (κ1) is 27.4. The second-order valence-corrected chi connectivity index (χ2v) is 11.5. The molecule has 4 aromatic heterocycles. The molecule has 4 aromatic rings. The number of pyridine rings is 2. The highest BCUT2D eigenvalue weighted by atomic mass is 19.1. The third-order valence-corrected chi connectivity index (χ3v) is 7.68. The van der Waals surface area contributed by atoms with E-state index in [9.17, 15) is 14.3 Å². The standard InChI is InChI=1S/C29H35FN8O2/c1-17-10-23(34-24(11-17)35-25-12-18(2)36-37-25)29(40)9-8-22(28(4,5)16-29)27(39)33-19(3)20-6-7-26(31-13-20)38-15-21(30)14-32-38/h6-7,10-15,19,22,40H,8-9,16H2,1-5H3,(H,33,39)(H2,34,35,36,37)/t19-,22-,29-/m0/s1. The summed E-state index contributed by atoms with van der Waals surface area (Å²) in [5.41, 5.74) is 1.66. The number of hydrogen-bond acceptors (Lipinski definition) is 7. The third kappa shape index (κ3) is 5.74. The maximum atomic E-state index is 13.4. The molecule has 1 aliphatic rings. The summed E-state index contributed by atoms with van der Waals surface area (Å²) in [5, 5.41) is 29.2. The number of anilines is 2. The summed E-state index contributed by atoms with van der Waals surface area (Å²) < 4.78 is 14.6. The van der Waals surface area contributed by atoms with E-state index in [1.165, 1.54) is 10.9 Å². The fourth-order valence-corrected chi connectivity index (χ4v) is 5.64. The highest BCUT2D eigenvalue weighted by Crippen LogP contribution is 2.49. The van der Waals surface area contributed by atoms with Gasteiger partial charge in [-0.25, -0.2) is 19.0 Å². The second-order valence-electron chi connectivity index (χ2n) is 11.5. The molecule has 1 aliphatic carbocycles. The average molecular weight is 547 g/mol. The number of aryl methyl sites for hydroxylation is 2. The largest absolute Gasteiger partial charge is 0.384 e. The van der Waals surface area contributed by atoms with Crippen LogP contribution in [-0.4, -0.2) is 41.0 Å². The minimum atomic E-state index is -1.17. The lowest BCUT2D eigenvalue weighted by molar-refractivity contribution is -0.138. The Hall–Kier alpha value is -4.12. The molecule has 1 saturated carbocycles. The quantitative estimate of drug-likeness (QED) is 0.262. The van der Waals surface area contributed by atoms with E-state index in [2.05, 4.69) is 30.9 Å². The molecular formula is C29H35FN8O2. The average Bonchev–Trinajstić information content (AvgIpc) is 3.50. The monoisotopic (exact) mass is 546 g/mol. The predicted octanol–water partition coefficient (Wildman–Crippen LogP) is 4.78. The molecule has 4 heterocycles. The van der Waals surface area contributed by atoms with Gasteiger partial charge in [-0.15, -0.1) is 0 Å². The summed E-state index contributed by atoms with van der Waals surface area (Å²) >= 11 is 0. The SMILES string of the molecule is Cc1cc(Nc2cc(C)[nH]n2)nc([C@]2(O)CC[C@@H](C(=O)N[C@@H](C)c3ccc(-n4cc(F)cn4)nc3)C(C)(C)C2)c1. The van der Waals surface area contributed by atoms with Crippen molar-refractivity contribution in [3.8, 4) is 5.82 Å². The Bertz CT molecular complexity index is 1510. The first-order valence-electron chi connectivity index (χ1n) is 13.4. The molecular weight excluding hydrogens is 511 g/mol. The highest BCUT2D eigenvalue weighted by molar-refractivity contribution is 5.80. The highest BCUT2D eigenvalue weighted by Gasteiger charge is 2.48. The van der Waals surface area contributed by atoms with Crippen molar-refractivity contribution < 1.29 is 14.3 Å². The number of nitrogens with one attached hydrogen (secondary N) is 3. The van der Waals surface area contributed by atoms with E-state index < -0.39 is 16.8 Å². The van der Waals surface area contributed by atoms with Gasteiger partial charge in [-0.05, 0) is 74.8 Å². The van der Waals surface area contributed by atoms with Crippen LogP contribution >= 0.6 is 0 Å². The summed E-state index contributed by atoms with van der Waals surface area (Å²) in [6, 6.07) is 9.01. The van der Waals surface area contributed by atoms with Gasteiger partial charge in [0.15, 0.2) is 17.5 Å². The molecule has 0 aromatic carbocycles. The van der Waals surface area contributed by atoms with Crippen LogP contribution in [-0.2, 0) is 10.4 Å². The van der Waals surface area contributed by atoms with Gasteiger partial charge >= 0.3 is 0 Å². The van der Waals surface area contributed by atoms with E-state index in [0.717, 1.165) is 23.0 Å². The minimum Gasteiger partial charge on any atom is -0.384 e. The van der Waals surface area contributed by atoms with Crippen LogP contribution in [0.4, 0.5) is 16.0 Å². The van der Waals surface area contributed by atoms with Crippen molar-refractivity contribution in [2.45, 2.75) is 65.5 Å². The molecule has 40 heavy (non-hydrogen) atoms. The van der Waals surface area contributed by atoms with Crippen LogP contribution in [0.15, 0.2) is 48.9 Å². The minimum absolute atomic E-state index is 0.0637. The van der Waals surface area contributed by atoms with Crippen molar-refractivity contribution in [1.82, 2.24) is 35.3 Å². The molecule has 0 radical (unpaired) electrons. The number of hydrogen-bond donors (Lipinski definition) is 4. The van der Waals surface area contributed by atoms with Gasteiger partial charge in [0.25, 0.3) is 0 Å².